The third kappa shape index (κ3) is 12.1. The van der Waals surface area contributed by atoms with Gasteiger partial charge in [0.05, 0.1) is 7.11 Å². The summed E-state index contributed by atoms with van der Waals surface area (Å²) in [5, 5.41) is 28.7. The zero-order valence-electron chi connectivity index (χ0n) is 33.3. The molecule has 2 aromatic carbocycles. The van der Waals surface area contributed by atoms with Gasteiger partial charge in [-0.2, -0.15) is 0 Å². The van der Waals surface area contributed by atoms with Gasteiger partial charge in [-0.15, -0.1) is 0 Å². The summed E-state index contributed by atoms with van der Waals surface area (Å²) in [5.41, 5.74) is -0.107. The summed E-state index contributed by atoms with van der Waals surface area (Å²) in [7, 11) is 1.41. The van der Waals surface area contributed by atoms with Crippen molar-refractivity contribution >= 4 is 53.5 Å². The molecule has 0 radical (unpaired) electrons. The van der Waals surface area contributed by atoms with Gasteiger partial charge >= 0.3 is 24.1 Å². The van der Waals surface area contributed by atoms with E-state index in [0.717, 1.165) is 12.8 Å². The van der Waals surface area contributed by atoms with Crippen molar-refractivity contribution < 1.29 is 52.8 Å². The van der Waals surface area contributed by atoms with Crippen molar-refractivity contribution in [2.75, 3.05) is 19.0 Å². The number of carboxylic acids is 1. The van der Waals surface area contributed by atoms with E-state index >= 15 is 0 Å². The van der Waals surface area contributed by atoms with Gasteiger partial charge in [0.25, 0.3) is 11.8 Å². The number of aromatic nitrogens is 1. The molecule has 58 heavy (non-hydrogen) atoms. The molecule has 1 heterocycles. The molecule has 1 aliphatic rings. The van der Waals surface area contributed by atoms with Crippen molar-refractivity contribution in [3.63, 3.8) is 0 Å². The first kappa shape index (κ1) is 43.9. The van der Waals surface area contributed by atoms with Crippen molar-refractivity contribution in [1.29, 1.82) is 5.41 Å². The number of carboxylic acid groups (broad SMARTS) is 1. The van der Waals surface area contributed by atoms with Gasteiger partial charge in [0.1, 0.15) is 28.9 Å². The number of nitrogens with one attached hydrogen (secondary N) is 5. The number of amidine groups is 1. The number of aromatic carboxylic acids is 1. The fraction of sp³-hybridized carbons (Fsp3) is 0.366. The molecule has 1 aromatic heterocycles. The fourth-order valence-electron chi connectivity index (χ4n) is 5.43. The first-order valence-corrected chi connectivity index (χ1v) is 18.4. The predicted octanol–water partition coefficient (Wildman–Crippen LogP) is 5.98. The molecule has 2 atom stereocenters. The average molecular weight is 801 g/mol. The highest BCUT2D eigenvalue weighted by Crippen LogP contribution is 2.34. The van der Waals surface area contributed by atoms with Crippen molar-refractivity contribution in [2.45, 2.75) is 72.3 Å². The minimum atomic E-state index is -1.41. The lowest BCUT2D eigenvalue weighted by Crippen LogP contribution is -2.48. The molecule has 17 nitrogen and oxygen atoms in total. The lowest BCUT2D eigenvalue weighted by Gasteiger charge is -2.25. The van der Waals surface area contributed by atoms with Crippen LogP contribution in [0.25, 0.3) is 17.2 Å². The Morgan fingerprint density at radius 2 is 1.62 bits per heavy atom. The van der Waals surface area contributed by atoms with Crippen LogP contribution >= 0.6 is 0 Å². The van der Waals surface area contributed by atoms with Gasteiger partial charge in [0.15, 0.2) is 5.69 Å². The highest BCUT2D eigenvalue weighted by atomic mass is 16.7. The van der Waals surface area contributed by atoms with Crippen LogP contribution in [0, 0.1) is 17.2 Å². The second-order valence-corrected chi connectivity index (χ2v) is 14.7. The maximum absolute atomic E-state index is 13.8. The Morgan fingerprint density at radius 1 is 0.948 bits per heavy atom. The summed E-state index contributed by atoms with van der Waals surface area (Å²) in [6, 6.07) is 10.5. The van der Waals surface area contributed by atoms with Gasteiger partial charge in [-0.25, -0.2) is 24.2 Å². The molecule has 0 spiro atoms. The molecule has 0 bridgehead atoms. The van der Waals surface area contributed by atoms with Crippen LogP contribution in [0.2, 0.25) is 0 Å². The molecule has 4 amide bonds. The number of rotatable bonds is 15. The topological polar surface area (TPSA) is 244 Å². The molecule has 0 saturated heterocycles. The summed E-state index contributed by atoms with van der Waals surface area (Å²) < 4.78 is 21.0. The molecule has 6 N–H and O–H groups in total. The Kier molecular flexibility index (Phi) is 14.3. The number of pyridine rings is 1. The maximum atomic E-state index is 13.8. The number of esters is 1. The third-order valence-corrected chi connectivity index (χ3v) is 8.51. The van der Waals surface area contributed by atoms with E-state index in [2.05, 4.69) is 32.8 Å². The molecule has 1 saturated carbocycles. The molecule has 1 unspecified atom stereocenters. The number of amides is 4. The monoisotopic (exact) mass is 800 g/mol. The lowest BCUT2D eigenvalue weighted by molar-refractivity contribution is -0.168. The zero-order valence-corrected chi connectivity index (χ0v) is 33.3. The molecule has 1 aliphatic carbocycles. The molecular weight excluding hydrogens is 752 g/mol. The van der Waals surface area contributed by atoms with Crippen LogP contribution in [-0.4, -0.2) is 83.5 Å². The van der Waals surface area contributed by atoms with Crippen LogP contribution < -0.4 is 26.0 Å². The number of hydrogen-bond donors (Lipinski definition) is 6. The second kappa shape index (κ2) is 18.9. The minimum Gasteiger partial charge on any atom is -0.496 e. The van der Waals surface area contributed by atoms with Crippen molar-refractivity contribution in [3.8, 4) is 16.9 Å². The average Bonchev–Trinajstić information content (AvgIpc) is 3.99. The molecule has 0 aliphatic heterocycles. The fourth-order valence-corrected chi connectivity index (χ4v) is 5.43. The van der Waals surface area contributed by atoms with Gasteiger partial charge in [0, 0.05) is 47.0 Å². The van der Waals surface area contributed by atoms with E-state index in [0.29, 0.717) is 23.8 Å². The van der Waals surface area contributed by atoms with Crippen LogP contribution in [0.1, 0.15) is 96.8 Å². The maximum Gasteiger partial charge on any atom is 0.415 e. The van der Waals surface area contributed by atoms with Crippen LogP contribution in [0.15, 0.2) is 55.1 Å². The SMILES string of the molecule is C=Cc1cc(C(=O)Nc2ccc(C(=N)NC(=O)OC(C)OC(=O)[C@@H](NC(=O)OC(C)(C)C)C(C)C)cc2)c(-c2ccc(C(=O)NCC3CC3)nc2C(=O)O)cc1OC. The smallest absolute Gasteiger partial charge is 0.415 e. The molecule has 1 fully saturated rings. The van der Waals surface area contributed by atoms with Gasteiger partial charge in [0.2, 0.25) is 6.29 Å². The van der Waals surface area contributed by atoms with E-state index in [9.17, 15) is 33.9 Å². The number of ether oxygens (including phenoxy) is 4. The zero-order chi connectivity index (χ0) is 42.9. The van der Waals surface area contributed by atoms with Gasteiger partial charge < -0.3 is 40.0 Å². The first-order valence-electron chi connectivity index (χ1n) is 18.4. The Hall–Kier alpha value is -6.78. The van der Waals surface area contributed by atoms with Crippen molar-refractivity contribution in [2.24, 2.45) is 11.8 Å². The summed E-state index contributed by atoms with van der Waals surface area (Å²) in [6.07, 6.45) is 0.196. The number of benzene rings is 2. The summed E-state index contributed by atoms with van der Waals surface area (Å²) in [5.74, 6) is -3.48. The van der Waals surface area contributed by atoms with Crippen LogP contribution in [0.3, 0.4) is 0 Å². The van der Waals surface area contributed by atoms with Crippen LogP contribution in [0.5, 0.6) is 5.75 Å². The van der Waals surface area contributed by atoms with E-state index in [1.54, 1.807) is 34.6 Å². The minimum absolute atomic E-state index is 0.0438. The first-order chi connectivity index (χ1) is 27.3. The molecular formula is C41H48N6O11. The van der Waals surface area contributed by atoms with Crippen LogP contribution in [-0.2, 0) is 19.0 Å². The number of anilines is 1. The number of methoxy groups -OCH3 is 1. The predicted molar refractivity (Wildman–Crippen MR) is 213 cm³/mol. The second-order valence-electron chi connectivity index (χ2n) is 14.7. The van der Waals surface area contributed by atoms with E-state index in [1.165, 1.54) is 68.6 Å². The Morgan fingerprint density at radius 3 is 2.19 bits per heavy atom. The number of alkyl carbamates (subject to hydrolysis) is 2. The van der Waals surface area contributed by atoms with E-state index in [1.807, 2.05) is 0 Å². The summed E-state index contributed by atoms with van der Waals surface area (Å²) in [4.78, 5) is 80.6. The van der Waals surface area contributed by atoms with E-state index < -0.39 is 59.6 Å². The highest BCUT2D eigenvalue weighted by molar-refractivity contribution is 6.11. The van der Waals surface area contributed by atoms with Crippen molar-refractivity contribution in [1.82, 2.24) is 20.9 Å². The standard InChI is InChI=1S/C41H48N6O11/c1-9-24-18-29(28(19-31(24)55-8)27-16-17-30(45-33(27)37(50)51)36(49)43-20-23-10-11-23)35(48)44-26-14-12-25(13-15-26)34(42)47-39(53)57-22(4)56-38(52)32(21(2)3)46-40(54)58-41(5,6)7/h9,12-19,21-23,32H,1,10-11,20H2,2-8H3,(H,43,49)(H,44,48)(H,46,54)(H,50,51)(H2,42,47,53)/t22?,32-/m0/s1. The summed E-state index contributed by atoms with van der Waals surface area (Å²) >= 11 is 0. The number of nitrogens with zero attached hydrogens (tertiary/aromatic N) is 1. The molecule has 17 heteroatoms. The normalized spacial score (nSPS) is 13.2. The third-order valence-electron chi connectivity index (χ3n) is 8.51. The van der Waals surface area contributed by atoms with Gasteiger partial charge in [-0.05, 0) is 94.0 Å². The number of carbonyl (C=O) groups excluding carboxylic acids is 5. The number of carbonyl (C=O) groups is 6. The Balaban J connectivity index is 1.44. The van der Waals surface area contributed by atoms with E-state index in [4.69, 9.17) is 24.4 Å². The van der Waals surface area contributed by atoms with Crippen molar-refractivity contribution in [3.05, 3.63) is 83.2 Å². The molecule has 308 valence electrons. The molecule has 3 aromatic rings. The van der Waals surface area contributed by atoms with Gasteiger partial charge in [-0.1, -0.05) is 26.5 Å². The Labute approximate surface area is 335 Å². The largest absolute Gasteiger partial charge is 0.496 e. The Bertz CT molecular complexity index is 2090. The quantitative estimate of drug-likeness (QED) is 0.0450. The van der Waals surface area contributed by atoms with Crippen LogP contribution in [0.4, 0.5) is 15.3 Å². The highest BCUT2D eigenvalue weighted by Gasteiger charge is 2.30. The van der Waals surface area contributed by atoms with E-state index in [-0.39, 0.29) is 45.4 Å². The lowest BCUT2D eigenvalue weighted by atomic mass is 9.94. The summed E-state index contributed by atoms with van der Waals surface area (Å²) in [6.45, 7) is 13.9. The van der Waals surface area contributed by atoms with Gasteiger partial charge in [-0.3, -0.25) is 20.3 Å². The molecule has 4 rings (SSSR count). The number of hydrogen-bond acceptors (Lipinski definition) is 12.